The standard InChI is InChI=1S/C14H17N3O/c1-4-15-14-16-8-11(9-17-14)12-7-10(2)5-6-13(12)18-3/h5-9H,4H2,1-3H3,(H,15,16,17). The summed E-state index contributed by atoms with van der Waals surface area (Å²) < 4.78 is 5.36. The van der Waals surface area contributed by atoms with E-state index in [0.717, 1.165) is 23.4 Å². The average molecular weight is 243 g/mol. The molecule has 1 heterocycles. The molecule has 0 aliphatic heterocycles. The zero-order chi connectivity index (χ0) is 13.0. The third kappa shape index (κ3) is 2.59. The number of hydrogen-bond donors (Lipinski definition) is 1. The third-order valence-corrected chi connectivity index (χ3v) is 2.65. The van der Waals surface area contributed by atoms with Gasteiger partial charge in [-0.05, 0) is 26.0 Å². The number of methoxy groups -OCH3 is 1. The van der Waals surface area contributed by atoms with E-state index in [1.165, 1.54) is 5.56 Å². The Morgan fingerprint density at radius 1 is 1.22 bits per heavy atom. The molecule has 0 amide bonds. The first-order valence-corrected chi connectivity index (χ1v) is 5.95. The van der Waals surface area contributed by atoms with E-state index < -0.39 is 0 Å². The lowest BCUT2D eigenvalue weighted by molar-refractivity contribution is 0.416. The van der Waals surface area contributed by atoms with Gasteiger partial charge in [0, 0.05) is 30.1 Å². The fourth-order valence-corrected chi connectivity index (χ4v) is 1.76. The van der Waals surface area contributed by atoms with Gasteiger partial charge in [-0.15, -0.1) is 0 Å². The number of nitrogens with zero attached hydrogens (tertiary/aromatic N) is 2. The lowest BCUT2D eigenvalue weighted by Gasteiger charge is -2.09. The van der Waals surface area contributed by atoms with Crippen molar-refractivity contribution in [3.05, 3.63) is 36.2 Å². The van der Waals surface area contributed by atoms with Gasteiger partial charge in [-0.2, -0.15) is 0 Å². The molecule has 0 aliphatic rings. The Morgan fingerprint density at radius 3 is 2.56 bits per heavy atom. The van der Waals surface area contributed by atoms with Gasteiger partial charge in [0.2, 0.25) is 5.95 Å². The number of benzene rings is 1. The highest BCUT2D eigenvalue weighted by Gasteiger charge is 2.07. The summed E-state index contributed by atoms with van der Waals surface area (Å²) in [4.78, 5) is 8.54. The van der Waals surface area contributed by atoms with Gasteiger partial charge in [0.1, 0.15) is 5.75 Å². The van der Waals surface area contributed by atoms with Gasteiger partial charge in [-0.25, -0.2) is 9.97 Å². The summed E-state index contributed by atoms with van der Waals surface area (Å²) in [6, 6.07) is 6.06. The van der Waals surface area contributed by atoms with Crippen molar-refractivity contribution in [2.45, 2.75) is 13.8 Å². The molecule has 18 heavy (non-hydrogen) atoms. The molecular weight excluding hydrogens is 226 g/mol. The predicted molar refractivity (Wildman–Crippen MR) is 72.9 cm³/mol. The van der Waals surface area contributed by atoms with Crippen LogP contribution in [0.1, 0.15) is 12.5 Å². The van der Waals surface area contributed by atoms with Crippen LogP contribution in [0.5, 0.6) is 5.75 Å². The molecule has 2 aromatic rings. The molecule has 1 N–H and O–H groups in total. The minimum absolute atomic E-state index is 0.646. The third-order valence-electron chi connectivity index (χ3n) is 2.65. The summed E-state index contributed by atoms with van der Waals surface area (Å²) >= 11 is 0. The van der Waals surface area contributed by atoms with Gasteiger partial charge < -0.3 is 10.1 Å². The van der Waals surface area contributed by atoms with Crippen molar-refractivity contribution in [3.8, 4) is 16.9 Å². The summed E-state index contributed by atoms with van der Waals surface area (Å²) in [6.07, 6.45) is 3.62. The van der Waals surface area contributed by atoms with Crippen LogP contribution in [0.15, 0.2) is 30.6 Å². The molecule has 1 aromatic carbocycles. The van der Waals surface area contributed by atoms with Crippen LogP contribution in [0.4, 0.5) is 5.95 Å². The van der Waals surface area contributed by atoms with E-state index in [4.69, 9.17) is 4.74 Å². The van der Waals surface area contributed by atoms with E-state index in [9.17, 15) is 0 Å². The van der Waals surface area contributed by atoms with Crippen molar-refractivity contribution in [2.75, 3.05) is 19.0 Å². The molecule has 0 saturated carbocycles. The first-order chi connectivity index (χ1) is 8.74. The van der Waals surface area contributed by atoms with Crippen molar-refractivity contribution in [2.24, 2.45) is 0 Å². The van der Waals surface area contributed by atoms with E-state index in [1.807, 2.05) is 31.5 Å². The smallest absolute Gasteiger partial charge is 0.222 e. The van der Waals surface area contributed by atoms with E-state index in [0.29, 0.717) is 5.95 Å². The molecule has 0 fully saturated rings. The van der Waals surface area contributed by atoms with Gasteiger partial charge >= 0.3 is 0 Å². The van der Waals surface area contributed by atoms with Crippen LogP contribution in [-0.4, -0.2) is 23.6 Å². The lowest BCUT2D eigenvalue weighted by atomic mass is 10.1. The first kappa shape index (κ1) is 12.4. The SMILES string of the molecule is CCNc1ncc(-c2cc(C)ccc2OC)cn1. The largest absolute Gasteiger partial charge is 0.496 e. The van der Waals surface area contributed by atoms with Crippen molar-refractivity contribution in [3.63, 3.8) is 0 Å². The maximum Gasteiger partial charge on any atom is 0.222 e. The Labute approximate surface area is 107 Å². The molecule has 0 atom stereocenters. The number of rotatable bonds is 4. The summed E-state index contributed by atoms with van der Waals surface area (Å²) in [6.45, 7) is 4.88. The zero-order valence-corrected chi connectivity index (χ0v) is 10.9. The van der Waals surface area contributed by atoms with Crippen molar-refractivity contribution < 1.29 is 4.74 Å². The van der Waals surface area contributed by atoms with E-state index in [-0.39, 0.29) is 0 Å². The molecule has 0 bridgehead atoms. The van der Waals surface area contributed by atoms with Gasteiger partial charge in [-0.3, -0.25) is 0 Å². The average Bonchev–Trinajstić information content (AvgIpc) is 2.40. The summed E-state index contributed by atoms with van der Waals surface area (Å²) in [5.41, 5.74) is 3.15. The van der Waals surface area contributed by atoms with Crippen LogP contribution in [0.3, 0.4) is 0 Å². The Kier molecular flexibility index (Phi) is 3.77. The Balaban J connectivity index is 2.38. The number of hydrogen-bond acceptors (Lipinski definition) is 4. The van der Waals surface area contributed by atoms with Crippen LogP contribution >= 0.6 is 0 Å². The van der Waals surface area contributed by atoms with Crippen molar-refractivity contribution >= 4 is 5.95 Å². The summed E-state index contributed by atoms with van der Waals surface area (Å²) in [7, 11) is 1.67. The van der Waals surface area contributed by atoms with Gasteiger partial charge in [0.25, 0.3) is 0 Å². The Morgan fingerprint density at radius 2 is 1.94 bits per heavy atom. The normalized spacial score (nSPS) is 10.2. The molecule has 94 valence electrons. The molecule has 0 radical (unpaired) electrons. The number of aromatic nitrogens is 2. The van der Waals surface area contributed by atoms with Crippen LogP contribution in [0.25, 0.3) is 11.1 Å². The molecular formula is C14H17N3O. The van der Waals surface area contributed by atoms with Crippen LogP contribution in [0, 0.1) is 6.92 Å². The lowest BCUT2D eigenvalue weighted by Crippen LogP contribution is -2.01. The minimum atomic E-state index is 0.646. The Bertz CT molecular complexity index is 523. The maximum absolute atomic E-state index is 5.36. The second-order valence-electron chi connectivity index (χ2n) is 4.03. The van der Waals surface area contributed by atoms with E-state index in [1.54, 1.807) is 7.11 Å². The number of aryl methyl sites for hydroxylation is 1. The first-order valence-electron chi connectivity index (χ1n) is 5.95. The topological polar surface area (TPSA) is 47.0 Å². The predicted octanol–water partition coefficient (Wildman–Crippen LogP) is 2.89. The highest BCUT2D eigenvalue weighted by Crippen LogP contribution is 2.30. The summed E-state index contributed by atoms with van der Waals surface area (Å²) in [5, 5.41) is 3.07. The summed E-state index contributed by atoms with van der Waals surface area (Å²) in [5.74, 6) is 1.48. The van der Waals surface area contributed by atoms with Gasteiger partial charge in [0.15, 0.2) is 0 Å². The van der Waals surface area contributed by atoms with Crippen LogP contribution in [0.2, 0.25) is 0 Å². The van der Waals surface area contributed by atoms with Crippen molar-refractivity contribution in [1.29, 1.82) is 0 Å². The minimum Gasteiger partial charge on any atom is -0.496 e. The number of anilines is 1. The van der Waals surface area contributed by atoms with Gasteiger partial charge in [0.05, 0.1) is 7.11 Å². The second-order valence-corrected chi connectivity index (χ2v) is 4.03. The fraction of sp³-hybridized carbons (Fsp3) is 0.286. The van der Waals surface area contributed by atoms with Crippen molar-refractivity contribution in [1.82, 2.24) is 9.97 Å². The molecule has 0 spiro atoms. The van der Waals surface area contributed by atoms with Crippen LogP contribution in [-0.2, 0) is 0 Å². The van der Waals surface area contributed by atoms with E-state index in [2.05, 4.69) is 28.3 Å². The molecule has 4 heteroatoms. The Hall–Kier alpha value is -2.10. The number of nitrogens with one attached hydrogen (secondary N) is 1. The highest BCUT2D eigenvalue weighted by atomic mass is 16.5. The monoisotopic (exact) mass is 243 g/mol. The second kappa shape index (κ2) is 5.49. The van der Waals surface area contributed by atoms with E-state index >= 15 is 0 Å². The quantitative estimate of drug-likeness (QED) is 0.897. The molecule has 0 aliphatic carbocycles. The van der Waals surface area contributed by atoms with Crippen LogP contribution < -0.4 is 10.1 Å². The molecule has 2 rings (SSSR count). The maximum atomic E-state index is 5.36. The molecule has 4 nitrogen and oxygen atoms in total. The number of ether oxygens (including phenoxy) is 1. The zero-order valence-electron chi connectivity index (χ0n) is 10.9. The molecule has 0 unspecified atom stereocenters. The molecule has 0 saturated heterocycles. The highest BCUT2D eigenvalue weighted by molar-refractivity contribution is 5.70. The fourth-order valence-electron chi connectivity index (χ4n) is 1.76. The molecule has 1 aromatic heterocycles. The van der Waals surface area contributed by atoms with Gasteiger partial charge in [-0.1, -0.05) is 11.6 Å².